The van der Waals surface area contributed by atoms with E-state index in [1.54, 1.807) is 0 Å². The third-order valence-electron chi connectivity index (χ3n) is 3.27. The molecule has 0 radical (unpaired) electrons. The van der Waals surface area contributed by atoms with Crippen molar-refractivity contribution in [1.82, 2.24) is 15.4 Å². The van der Waals surface area contributed by atoms with Crippen LogP contribution in [0.5, 0.6) is 0 Å². The summed E-state index contributed by atoms with van der Waals surface area (Å²) in [6.07, 6.45) is -8.87. The lowest BCUT2D eigenvalue weighted by Crippen LogP contribution is -2.70. The number of H-pyrrole nitrogens is 1. The normalized spacial score (nSPS) is 15.2. The Bertz CT molecular complexity index is 641. The average Bonchev–Trinajstić information content (AvgIpc) is 3.03. The predicted molar refractivity (Wildman–Crippen MR) is 61.4 cm³/mol. The molecule has 0 saturated carbocycles. The van der Waals surface area contributed by atoms with Gasteiger partial charge in [0.1, 0.15) is 5.69 Å². The number of halogens is 13. The van der Waals surface area contributed by atoms with E-state index in [1.165, 1.54) is 0 Å². The number of rotatable bonds is 9. The molecule has 164 valence electrons. The summed E-state index contributed by atoms with van der Waals surface area (Å²) in [7, 11) is 0. The van der Waals surface area contributed by atoms with Crippen molar-refractivity contribution in [3.05, 3.63) is 11.9 Å². The van der Waals surface area contributed by atoms with Crippen molar-refractivity contribution in [2.45, 2.75) is 48.8 Å². The summed E-state index contributed by atoms with van der Waals surface area (Å²) in [6, 6.07) is 0. The molecule has 17 heteroatoms. The number of hydrogen-bond donors (Lipinski definition) is 1. The second kappa shape index (κ2) is 7.22. The molecule has 4 nitrogen and oxygen atoms in total. The Labute approximate surface area is 146 Å². The van der Waals surface area contributed by atoms with Gasteiger partial charge < -0.3 is 4.74 Å². The van der Waals surface area contributed by atoms with Crippen LogP contribution >= 0.6 is 0 Å². The molecular formula is C11H8F13N3O. The lowest BCUT2D eigenvalue weighted by molar-refractivity contribution is -0.440. The molecule has 0 unspecified atom stereocenters. The van der Waals surface area contributed by atoms with Crippen LogP contribution in [0.2, 0.25) is 0 Å². The van der Waals surface area contributed by atoms with E-state index in [-0.39, 0.29) is 5.69 Å². The summed E-state index contributed by atoms with van der Waals surface area (Å²) in [4.78, 5) is 0. The third-order valence-corrected chi connectivity index (χ3v) is 3.27. The number of aromatic nitrogens is 3. The molecule has 0 saturated heterocycles. The minimum Gasteiger partial charge on any atom is -0.375 e. The summed E-state index contributed by atoms with van der Waals surface area (Å²) in [5.74, 6) is -36.9. The molecule has 0 bridgehead atoms. The van der Waals surface area contributed by atoms with Crippen LogP contribution in [0, 0.1) is 0 Å². The van der Waals surface area contributed by atoms with Crippen LogP contribution in [-0.4, -0.2) is 57.8 Å². The smallest absolute Gasteiger partial charge is 0.375 e. The van der Waals surface area contributed by atoms with E-state index < -0.39 is 55.4 Å². The molecule has 0 amide bonds. The first kappa shape index (κ1) is 24.2. The van der Waals surface area contributed by atoms with Crippen molar-refractivity contribution in [2.75, 3.05) is 6.61 Å². The summed E-state index contributed by atoms with van der Waals surface area (Å²) < 4.78 is 171. The van der Waals surface area contributed by atoms with Crippen LogP contribution in [0.15, 0.2) is 6.20 Å². The van der Waals surface area contributed by atoms with Gasteiger partial charge in [0.25, 0.3) is 0 Å². The van der Waals surface area contributed by atoms with E-state index in [0.717, 1.165) is 6.20 Å². The van der Waals surface area contributed by atoms with Crippen LogP contribution in [0.25, 0.3) is 0 Å². The first-order chi connectivity index (χ1) is 12.3. The summed E-state index contributed by atoms with van der Waals surface area (Å²) in [6.45, 7) is -2.16. The highest BCUT2D eigenvalue weighted by Crippen LogP contribution is 2.60. The topological polar surface area (TPSA) is 50.8 Å². The summed E-state index contributed by atoms with van der Waals surface area (Å²) in [5.41, 5.74) is -0.0724. The highest BCUT2D eigenvalue weighted by Gasteiger charge is 2.90. The summed E-state index contributed by atoms with van der Waals surface area (Å²) >= 11 is 0. The number of alkyl halides is 13. The predicted octanol–water partition coefficient (Wildman–Crippen LogP) is 4.45. The van der Waals surface area contributed by atoms with Gasteiger partial charge in [-0.1, -0.05) is 0 Å². The Balaban J connectivity index is 3.01. The van der Waals surface area contributed by atoms with Gasteiger partial charge in [0.15, 0.2) is 0 Å². The molecule has 0 aliphatic heterocycles. The van der Waals surface area contributed by atoms with E-state index >= 15 is 0 Å². The number of aromatic amines is 1. The van der Waals surface area contributed by atoms with Gasteiger partial charge in [-0.15, -0.1) is 0 Å². The standard InChI is InChI=1S/C11H8F13N3O/c12-6(13,1-2-28-4-5-3-25-27-26-5)7(14,15)8(16,17)9(18,19)10(20,21)11(22,23)24/h3H,1-2,4H2,(H,25,26,27). The Morgan fingerprint density at radius 3 is 1.68 bits per heavy atom. The quantitative estimate of drug-likeness (QED) is 0.452. The van der Waals surface area contributed by atoms with Gasteiger partial charge in [-0.2, -0.15) is 72.5 Å². The van der Waals surface area contributed by atoms with Crippen LogP contribution in [0.1, 0.15) is 12.1 Å². The van der Waals surface area contributed by atoms with Gasteiger partial charge in [0, 0.05) is 6.42 Å². The second-order valence-corrected chi connectivity index (χ2v) is 5.26. The Morgan fingerprint density at radius 1 is 0.750 bits per heavy atom. The minimum absolute atomic E-state index is 0.0724. The number of nitrogens with one attached hydrogen (secondary N) is 1. The summed E-state index contributed by atoms with van der Waals surface area (Å²) in [5, 5.41) is 8.56. The lowest BCUT2D eigenvalue weighted by atomic mass is 9.93. The van der Waals surface area contributed by atoms with Crippen LogP contribution in [0.4, 0.5) is 57.1 Å². The number of hydrogen-bond acceptors (Lipinski definition) is 3. The zero-order chi connectivity index (χ0) is 22.2. The molecule has 1 aromatic heterocycles. The van der Waals surface area contributed by atoms with Crippen molar-refractivity contribution in [1.29, 1.82) is 0 Å². The molecule has 28 heavy (non-hydrogen) atoms. The molecule has 1 rings (SSSR count). The molecule has 0 fully saturated rings. The second-order valence-electron chi connectivity index (χ2n) is 5.26. The van der Waals surface area contributed by atoms with Crippen molar-refractivity contribution >= 4 is 0 Å². The van der Waals surface area contributed by atoms with Gasteiger partial charge in [-0.25, -0.2) is 0 Å². The molecule has 0 aromatic carbocycles. The fourth-order valence-electron chi connectivity index (χ4n) is 1.63. The largest absolute Gasteiger partial charge is 0.460 e. The molecule has 0 atom stereocenters. The molecular weight excluding hydrogens is 437 g/mol. The highest BCUT2D eigenvalue weighted by molar-refractivity contribution is 5.10. The first-order valence-corrected chi connectivity index (χ1v) is 6.71. The number of ether oxygens (including phenoxy) is 1. The fraction of sp³-hybridized carbons (Fsp3) is 0.818. The third kappa shape index (κ3) is 3.84. The van der Waals surface area contributed by atoms with Crippen LogP contribution in [-0.2, 0) is 11.3 Å². The lowest BCUT2D eigenvalue weighted by Gasteiger charge is -2.39. The van der Waals surface area contributed by atoms with Gasteiger partial charge in [-0.3, -0.25) is 0 Å². The first-order valence-electron chi connectivity index (χ1n) is 6.71. The van der Waals surface area contributed by atoms with Crippen LogP contribution in [0.3, 0.4) is 0 Å². The fourth-order valence-corrected chi connectivity index (χ4v) is 1.63. The Hall–Kier alpha value is -1.81. The maximum Gasteiger partial charge on any atom is 0.460 e. The van der Waals surface area contributed by atoms with Gasteiger partial charge in [0.2, 0.25) is 0 Å². The van der Waals surface area contributed by atoms with E-state index in [0.29, 0.717) is 0 Å². The Kier molecular flexibility index (Phi) is 6.25. The molecule has 1 heterocycles. The van der Waals surface area contributed by atoms with Crippen LogP contribution < -0.4 is 0 Å². The number of nitrogens with zero attached hydrogens (tertiary/aromatic N) is 2. The minimum atomic E-state index is -7.90. The van der Waals surface area contributed by atoms with E-state index in [4.69, 9.17) is 0 Å². The molecule has 1 N–H and O–H groups in total. The Morgan fingerprint density at radius 2 is 1.25 bits per heavy atom. The SMILES string of the molecule is FC(F)(F)C(F)(F)C(F)(F)C(F)(F)C(F)(F)C(F)(F)CCOCc1cn[nH]n1. The molecule has 0 aliphatic rings. The van der Waals surface area contributed by atoms with Crippen molar-refractivity contribution in [3.8, 4) is 0 Å². The maximum absolute atomic E-state index is 13.4. The average molecular weight is 445 g/mol. The van der Waals surface area contributed by atoms with Gasteiger partial charge in [-0.05, 0) is 0 Å². The highest BCUT2D eigenvalue weighted by atomic mass is 19.4. The monoisotopic (exact) mass is 445 g/mol. The maximum atomic E-state index is 13.4. The van der Waals surface area contributed by atoms with Gasteiger partial charge >= 0.3 is 35.8 Å². The van der Waals surface area contributed by atoms with E-state index in [1.807, 2.05) is 5.21 Å². The van der Waals surface area contributed by atoms with E-state index in [9.17, 15) is 57.1 Å². The van der Waals surface area contributed by atoms with Crippen molar-refractivity contribution in [3.63, 3.8) is 0 Å². The molecule has 0 aliphatic carbocycles. The molecule has 0 spiro atoms. The van der Waals surface area contributed by atoms with E-state index in [2.05, 4.69) is 14.9 Å². The van der Waals surface area contributed by atoms with Crippen molar-refractivity contribution in [2.24, 2.45) is 0 Å². The van der Waals surface area contributed by atoms with Gasteiger partial charge in [0.05, 0.1) is 19.4 Å². The van der Waals surface area contributed by atoms with Crippen molar-refractivity contribution < 1.29 is 61.8 Å². The molecule has 1 aromatic rings. The zero-order valence-electron chi connectivity index (χ0n) is 12.9. The zero-order valence-corrected chi connectivity index (χ0v) is 12.9.